The standard InChI is InChI=1S/C13H27NO2.C8H16O.2C2H6.CH4O/c1-6-8-13(5,16)12(15)10(4)11(14)9(3)7-2;1-4-7(2)5-8(3)6-9;3*1-2/h9-10,12,14-16H,6-8H2,1-5H3;6-8H,4-5H2,1-3H3;2*1-2H3;2H,1H3/t9-,10?,12?,13-;7-,8?;;;/m11.../s1. The normalized spacial score (nSPS) is 16.3. The molecule has 5 heteroatoms. The van der Waals surface area contributed by atoms with Gasteiger partial charge in [0.05, 0.1) is 11.7 Å². The maximum atomic E-state index is 10.2. The van der Waals surface area contributed by atoms with E-state index in [2.05, 4.69) is 13.8 Å². The van der Waals surface area contributed by atoms with E-state index in [1.165, 1.54) is 6.42 Å². The van der Waals surface area contributed by atoms with Crippen molar-refractivity contribution < 1.29 is 20.1 Å². The van der Waals surface area contributed by atoms with Crippen LogP contribution in [0.2, 0.25) is 0 Å². The third kappa shape index (κ3) is 22.2. The summed E-state index contributed by atoms with van der Waals surface area (Å²) in [7, 11) is 1.00. The second kappa shape index (κ2) is 27.3. The highest BCUT2D eigenvalue weighted by molar-refractivity contribution is 5.86. The first-order chi connectivity index (χ1) is 14.5. The topological polar surface area (TPSA) is 102 Å². The van der Waals surface area contributed by atoms with Crippen LogP contribution in [-0.4, -0.2) is 46.1 Å². The molecule has 0 amide bonds. The van der Waals surface area contributed by atoms with E-state index in [4.69, 9.17) is 10.5 Å². The average molecular weight is 450 g/mol. The van der Waals surface area contributed by atoms with Crippen molar-refractivity contribution in [2.24, 2.45) is 23.7 Å². The number of nitrogens with one attached hydrogen (secondary N) is 1. The lowest BCUT2D eigenvalue weighted by atomic mass is 9.80. The van der Waals surface area contributed by atoms with Crippen molar-refractivity contribution in [3.63, 3.8) is 0 Å². The Morgan fingerprint density at radius 1 is 0.968 bits per heavy atom. The lowest BCUT2D eigenvalue weighted by Crippen LogP contribution is -2.46. The highest BCUT2D eigenvalue weighted by atomic mass is 16.3. The Morgan fingerprint density at radius 2 is 1.39 bits per heavy atom. The summed E-state index contributed by atoms with van der Waals surface area (Å²) in [5.41, 5.74) is -0.556. The third-order valence-electron chi connectivity index (χ3n) is 5.20. The molecule has 3 unspecified atom stereocenters. The summed E-state index contributed by atoms with van der Waals surface area (Å²) >= 11 is 0. The second-order valence-corrected chi connectivity index (χ2v) is 7.97. The van der Waals surface area contributed by atoms with Crippen LogP contribution in [-0.2, 0) is 4.79 Å². The number of aliphatic hydroxyl groups excluding tert-OH is 2. The lowest BCUT2D eigenvalue weighted by Gasteiger charge is -2.34. The van der Waals surface area contributed by atoms with Gasteiger partial charge in [-0.1, -0.05) is 89.0 Å². The number of carbonyl (C=O) groups excluding carboxylic acids is 1. The summed E-state index contributed by atoms with van der Waals surface area (Å²) in [4.78, 5) is 10.2. The molecule has 0 aromatic carbocycles. The summed E-state index contributed by atoms with van der Waals surface area (Å²) in [6, 6.07) is 0. The first-order valence-corrected chi connectivity index (χ1v) is 12.4. The fraction of sp³-hybridized carbons (Fsp3) is 0.923. The Kier molecular flexibility index (Phi) is 35.7. The Morgan fingerprint density at radius 3 is 1.68 bits per heavy atom. The molecule has 0 aromatic rings. The van der Waals surface area contributed by atoms with Gasteiger partial charge in [-0.15, -0.1) is 0 Å². The van der Waals surface area contributed by atoms with E-state index in [9.17, 15) is 15.0 Å². The Balaban J connectivity index is -0.000000127. The molecule has 31 heavy (non-hydrogen) atoms. The van der Waals surface area contributed by atoms with Gasteiger partial charge in [-0.3, -0.25) is 0 Å². The predicted molar refractivity (Wildman–Crippen MR) is 138 cm³/mol. The van der Waals surface area contributed by atoms with Crippen molar-refractivity contribution >= 4 is 12.0 Å². The summed E-state index contributed by atoms with van der Waals surface area (Å²) in [5, 5.41) is 35.2. The van der Waals surface area contributed by atoms with Crippen LogP contribution in [0.5, 0.6) is 0 Å². The van der Waals surface area contributed by atoms with Gasteiger partial charge in [0.25, 0.3) is 0 Å². The summed E-state index contributed by atoms with van der Waals surface area (Å²) in [6.07, 6.45) is 4.68. The molecule has 192 valence electrons. The van der Waals surface area contributed by atoms with Gasteiger partial charge >= 0.3 is 0 Å². The summed E-state index contributed by atoms with van der Waals surface area (Å²) in [5.74, 6) is 0.837. The number of rotatable bonds is 11. The molecule has 0 heterocycles. The Hall–Kier alpha value is -0.780. The zero-order valence-corrected chi connectivity index (χ0v) is 23.2. The molecular formula is C26H59NO4. The van der Waals surface area contributed by atoms with Gasteiger partial charge in [0.15, 0.2) is 0 Å². The molecule has 0 radical (unpaired) electrons. The largest absolute Gasteiger partial charge is 0.400 e. The molecule has 6 atom stereocenters. The number of carbonyl (C=O) groups is 1. The van der Waals surface area contributed by atoms with Crippen LogP contribution < -0.4 is 0 Å². The maximum absolute atomic E-state index is 10.2. The molecule has 0 spiro atoms. The van der Waals surface area contributed by atoms with E-state index in [0.717, 1.165) is 32.7 Å². The molecule has 0 saturated carbocycles. The van der Waals surface area contributed by atoms with Crippen LogP contribution in [0, 0.1) is 29.1 Å². The quantitative estimate of drug-likeness (QED) is 0.213. The molecular weight excluding hydrogens is 390 g/mol. The molecule has 0 aliphatic heterocycles. The molecule has 0 fully saturated rings. The van der Waals surface area contributed by atoms with E-state index in [1.807, 2.05) is 62.3 Å². The SMILES string of the molecule is CC.CC.CCC[C@@](C)(O)C(O)C(C)C(=N)[C@H](C)CC.CC[C@@H](C)CC(C)C=O.CO. The smallest absolute Gasteiger partial charge is 0.122 e. The Bertz CT molecular complexity index is 372. The predicted octanol–water partition coefficient (Wildman–Crippen LogP) is 6.52. The zero-order chi connectivity index (χ0) is 26.2. The van der Waals surface area contributed by atoms with Gasteiger partial charge in [0.1, 0.15) is 6.29 Å². The molecule has 0 aromatic heterocycles. The van der Waals surface area contributed by atoms with Gasteiger partial charge in [0.2, 0.25) is 0 Å². The molecule has 0 saturated heterocycles. The molecule has 0 rings (SSSR count). The van der Waals surface area contributed by atoms with E-state index in [0.29, 0.717) is 18.1 Å². The van der Waals surface area contributed by atoms with Crippen molar-refractivity contribution in [2.75, 3.05) is 7.11 Å². The molecule has 0 aliphatic rings. The van der Waals surface area contributed by atoms with Crippen molar-refractivity contribution in [3.8, 4) is 0 Å². The van der Waals surface area contributed by atoms with E-state index < -0.39 is 11.7 Å². The molecule has 5 nitrogen and oxygen atoms in total. The van der Waals surface area contributed by atoms with Gasteiger partial charge < -0.3 is 25.5 Å². The monoisotopic (exact) mass is 449 g/mol. The van der Waals surface area contributed by atoms with Crippen LogP contribution in [0.4, 0.5) is 0 Å². The molecule has 0 aliphatic carbocycles. The van der Waals surface area contributed by atoms with Gasteiger partial charge in [0, 0.05) is 24.7 Å². The Labute approximate surface area is 195 Å². The highest BCUT2D eigenvalue weighted by Gasteiger charge is 2.35. The van der Waals surface area contributed by atoms with Gasteiger partial charge in [-0.05, 0) is 38.0 Å². The van der Waals surface area contributed by atoms with Crippen molar-refractivity contribution in [1.29, 1.82) is 5.41 Å². The number of hydrogen-bond donors (Lipinski definition) is 4. The third-order valence-corrected chi connectivity index (χ3v) is 5.20. The summed E-state index contributed by atoms with van der Waals surface area (Å²) in [6.45, 7) is 23.8. The van der Waals surface area contributed by atoms with Gasteiger partial charge in [-0.2, -0.15) is 0 Å². The van der Waals surface area contributed by atoms with Crippen LogP contribution in [0.25, 0.3) is 0 Å². The highest BCUT2D eigenvalue weighted by Crippen LogP contribution is 2.25. The summed E-state index contributed by atoms with van der Waals surface area (Å²) < 4.78 is 0. The minimum atomic E-state index is -1.09. The van der Waals surface area contributed by atoms with Crippen molar-refractivity contribution in [2.45, 2.75) is 127 Å². The minimum absolute atomic E-state index is 0.169. The number of hydrogen-bond acceptors (Lipinski definition) is 5. The molecule has 4 N–H and O–H groups in total. The van der Waals surface area contributed by atoms with Crippen LogP contribution in [0.15, 0.2) is 0 Å². The van der Waals surface area contributed by atoms with Gasteiger partial charge in [-0.25, -0.2) is 0 Å². The zero-order valence-electron chi connectivity index (χ0n) is 23.2. The maximum Gasteiger partial charge on any atom is 0.122 e. The first-order valence-electron chi connectivity index (χ1n) is 12.4. The van der Waals surface area contributed by atoms with E-state index in [-0.39, 0.29) is 17.8 Å². The van der Waals surface area contributed by atoms with Crippen molar-refractivity contribution in [3.05, 3.63) is 0 Å². The van der Waals surface area contributed by atoms with Crippen molar-refractivity contribution in [1.82, 2.24) is 0 Å². The van der Waals surface area contributed by atoms with Crippen LogP contribution in [0.1, 0.15) is 115 Å². The minimum Gasteiger partial charge on any atom is -0.400 e. The average Bonchev–Trinajstić information content (AvgIpc) is 2.80. The van der Waals surface area contributed by atoms with Crippen LogP contribution >= 0.6 is 0 Å². The van der Waals surface area contributed by atoms with E-state index >= 15 is 0 Å². The second-order valence-electron chi connectivity index (χ2n) is 7.97. The van der Waals surface area contributed by atoms with E-state index in [1.54, 1.807) is 6.92 Å². The fourth-order valence-corrected chi connectivity index (χ4v) is 2.89. The number of aliphatic hydroxyl groups is 3. The number of aldehydes is 1. The fourth-order valence-electron chi connectivity index (χ4n) is 2.89. The first kappa shape index (κ1) is 40.6. The van der Waals surface area contributed by atoms with Crippen LogP contribution in [0.3, 0.4) is 0 Å². The molecule has 0 bridgehead atoms. The lowest BCUT2D eigenvalue weighted by molar-refractivity contribution is -0.111.